The van der Waals surface area contributed by atoms with Crippen LogP contribution in [0.1, 0.15) is 12.8 Å². The number of ether oxygens (including phenoxy) is 1. The standard InChI is InChI=1S/C7H12N2O2/c10-7-8-4-5-2-1-3-11-6(5)9-7/h5-6H,1-4H2,(H2,8,9,10). The van der Waals surface area contributed by atoms with E-state index < -0.39 is 0 Å². The van der Waals surface area contributed by atoms with Crippen LogP contribution in [0.15, 0.2) is 0 Å². The smallest absolute Gasteiger partial charge is 0.316 e. The Morgan fingerprint density at radius 1 is 1.55 bits per heavy atom. The van der Waals surface area contributed by atoms with Crippen LogP contribution in [0.3, 0.4) is 0 Å². The lowest BCUT2D eigenvalue weighted by atomic mass is 9.98. The Balaban J connectivity index is 1.98. The highest BCUT2D eigenvalue weighted by Gasteiger charge is 2.30. The van der Waals surface area contributed by atoms with Gasteiger partial charge in [-0.25, -0.2) is 4.79 Å². The average molecular weight is 156 g/mol. The molecule has 2 atom stereocenters. The van der Waals surface area contributed by atoms with Crippen LogP contribution < -0.4 is 10.6 Å². The zero-order chi connectivity index (χ0) is 7.68. The summed E-state index contributed by atoms with van der Waals surface area (Å²) in [6.07, 6.45) is 2.23. The van der Waals surface area contributed by atoms with Crippen molar-refractivity contribution in [2.24, 2.45) is 5.92 Å². The van der Waals surface area contributed by atoms with E-state index in [2.05, 4.69) is 10.6 Å². The van der Waals surface area contributed by atoms with Crippen molar-refractivity contribution in [3.8, 4) is 0 Å². The molecule has 2 N–H and O–H groups in total. The molecule has 2 unspecified atom stereocenters. The molecule has 2 amide bonds. The minimum atomic E-state index is -0.104. The summed E-state index contributed by atoms with van der Waals surface area (Å²) in [6.45, 7) is 1.54. The lowest BCUT2D eigenvalue weighted by Crippen LogP contribution is -2.57. The molecule has 2 aliphatic rings. The molecule has 11 heavy (non-hydrogen) atoms. The first-order chi connectivity index (χ1) is 5.36. The summed E-state index contributed by atoms with van der Waals surface area (Å²) in [4.78, 5) is 10.8. The van der Waals surface area contributed by atoms with Gasteiger partial charge in [-0.1, -0.05) is 0 Å². The second-order valence-corrected chi connectivity index (χ2v) is 3.05. The fourth-order valence-electron chi connectivity index (χ4n) is 1.62. The van der Waals surface area contributed by atoms with Crippen molar-refractivity contribution in [1.29, 1.82) is 0 Å². The topological polar surface area (TPSA) is 50.4 Å². The molecule has 2 fully saturated rings. The molecule has 2 heterocycles. The minimum Gasteiger partial charge on any atom is -0.358 e. The molecular formula is C7H12N2O2. The first-order valence-corrected chi connectivity index (χ1v) is 4.02. The van der Waals surface area contributed by atoms with Gasteiger partial charge in [-0.15, -0.1) is 0 Å². The van der Waals surface area contributed by atoms with Crippen molar-refractivity contribution >= 4 is 6.03 Å². The Hall–Kier alpha value is -0.770. The van der Waals surface area contributed by atoms with Gasteiger partial charge in [0.05, 0.1) is 0 Å². The molecule has 0 radical (unpaired) electrons. The van der Waals surface area contributed by atoms with Crippen LogP contribution in [0.2, 0.25) is 0 Å². The van der Waals surface area contributed by atoms with Crippen LogP contribution in [0, 0.1) is 5.92 Å². The van der Waals surface area contributed by atoms with Gasteiger partial charge in [-0.2, -0.15) is 0 Å². The van der Waals surface area contributed by atoms with Gasteiger partial charge in [0.1, 0.15) is 6.23 Å². The van der Waals surface area contributed by atoms with E-state index in [4.69, 9.17) is 4.74 Å². The van der Waals surface area contributed by atoms with Gasteiger partial charge >= 0.3 is 6.03 Å². The van der Waals surface area contributed by atoms with Gasteiger partial charge in [0.25, 0.3) is 0 Å². The van der Waals surface area contributed by atoms with Gasteiger partial charge in [-0.3, -0.25) is 0 Å². The van der Waals surface area contributed by atoms with Crippen molar-refractivity contribution in [3.63, 3.8) is 0 Å². The predicted octanol–water partition coefficient (Wildman–Crippen LogP) is 0.0519. The number of urea groups is 1. The highest BCUT2D eigenvalue weighted by molar-refractivity contribution is 5.74. The molecule has 62 valence electrons. The molecule has 0 aromatic rings. The number of nitrogens with one attached hydrogen (secondary N) is 2. The van der Waals surface area contributed by atoms with Crippen LogP contribution in [0.25, 0.3) is 0 Å². The van der Waals surface area contributed by atoms with Crippen LogP contribution in [0.4, 0.5) is 4.79 Å². The highest BCUT2D eigenvalue weighted by atomic mass is 16.5. The van der Waals surface area contributed by atoms with Gasteiger partial charge in [0.15, 0.2) is 0 Å². The van der Waals surface area contributed by atoms with E-state index in [1.165, 1.54) is 0 Å². The normalized spacial score (nSPS) is 36.9. The fourth-order valence-corrected chi connectivity index (χ4v) is 1.62. The largest absolute Gasteiger partial charge is 0.358 e. The summed E-state index contributed by atoms with van der Waals surface area (Å²) in [5.41, 5.74) is 0. The van der Waals surface area contributed by atoms with Crippen LogP contribution >= 0.6 is 0 Å². The molecule has 2 saturated heterocycles. The molecule has 0 saturated carbocycles. The van der Waals surface area contributed by atoms with E-state index in [1.807, 2.05) is 0 Å². The maximum absolute atomic E-state index is 10.8. The van der Waals surface area contributed by atoms with E-state index in [0.29, 0.717) is 5.92 Å². The molecule has 0 aromatic carbocycles. The van der Waals surface area contributed by atoms with Crippen molar-refractivity contribution in [2.75, 3.05) is 13.2 Å². The van der Waals surface area contributed by atoms with Gasteiger partial charge in [0, 0.05) is 19.1 Å². The summed E-state index contributed by atoms with van der Waals surface area (Å²) in [5.74, 6) is 0.474. The third kappa shape index (κ3) is 1.30. The number of rotatable bonds is 0. The lowest BCUT2D eigenvalue weighted by Gasteiger charge is -2.35. The maximum Gasteiger partial charge on any atom is 0.316 e. The monoisotopic (exact) mass is 156 g/mol. The minimum absolute atomic E-state index is 0.0301. The Morgan fingerprint density at radius 3 is 3.36 bits per heavy atom. The van der Waals surface area contributed by atoms with Crippen molar-refractivity contribution in [3.05, 3.63) is 0 Å². The average Bonchev–Trinajstić information content (AvgIpc) is 2.04. The first-order valence-electron chi connectivity index (χ1n) is 4.02. The third-order valence-electron chi connectivity index (χ3n) is 2.24. The van der Waals surface area contributed by atoms with Crippen LogP contribution in [0.5, 0.6) is 0 Å². The van der Waals surface area contributed by atoms with E-state index in [0.717, 1.165) is 26.0 Å². The van der Waals surface area contributed by atoms with Crippen molar-refractivity contribution in [2.45, 2.75) is 19.1 Å². The van der Waals surface area contributed by atoms with Crippen molar-refractivity contribution < 1.29 is 9.53 Å². The Labute approximate surface area is 65.3 Å². The Morgan fingerprint density at radius 2 is 2.45 bits per heavy atom. The van der Waals surface area contributed by atoms with Gasteiger partial charge < -0.3 is 15.4 Å². The highest BCUT2D eigenvalue weighted by Crippen LogP contribution is 2.19. The summed E-state index contributed by atoms with van der Waals surface area (Å²) in [7, 11) is 0. The van der Waals surface area contributed by atoms with E-state index in [9.17, 15) is 4.79 Å². The molecule has 2 rings (SSSR count). The number of hydrogen-bond donors (Lipinski definition) is 2. The summed E-state index contributed by atoms with van der Waals surface area (Å²) in [6, 6.07) is -0.104. The quantitative estimate of drug-likeness (QED) is 0.520. The predicted molar refractivity (Wildman–Crippen MR) is 39.0 cm³/mol. The maximum atomic E-state index is 10.8. The Kier molecular flexibility index (Phi) is 1.69. The number of carbonyl (C=O) groups is 1. The van der Waals surface area contributed by atoms with E-state index in [-0.39, 0.29) is 12.3 Å². The van der Waals surface area contributed by atoms with Crippen LogP contribution in [-0.4, -0.2) is 25.4 Å². The molecule has 0 bridgehead atoms. The summed E-state index contributed by atoms with van der Waals surface area (Å²) in [5, 5.41) is 5.50. The second kappa shape index (κ2) is 2.70. The molecule has 0 spiro atoms. The van der Waals surface area contributed by atoms with Crippen molar-refractivity contribution in [1.82, 2.24) is 10.6 Å². The molecule has 2 aliphatic heterocycles. The molecule has 0 aromatic heterocycles. The molecule has 4 nitrogen and oxygen atoms in total. The summed E-state index contributed by atoms with van der Waals surface area (Å²) < 4.78 is 5.38. The third-order valence-corrected chi connectivity index (χ3v) is 2.24. The molecule has 4 heteroatoms. The Bertz CT molecular complexity index is 172. The number of fused-ring (bicyclic) bond motifs is 1. The SMILES string of the molecule is O=C1NCC2CCCOC2N1. The summed E-state index contributed by atoms with van der Waals surface area (Å²) >= 11 is 0. The fraction of sp³-hybridized carbons (Fsp3) is 0.857. The van der Waals surface area contributed by atoms with Crippen LogP contribution in [-0.2, 0) is 4.74 Å². The van der Waals surface area contributed by atoms with Gasteiger partial charge in [-0.05, 0) is 12.8 Å². The number of amides is 2. The first kappa shape index (κ1) is 6.91. The molecular weight excluding hydrogens is 144 g/mol. The second-order valence-electron chi connectivity index (χ2n) is 3.05. The molecule has 0 aliphatic carbocycles. The van der Waals surface area contributed by atoms with E-state index in [1.54, 1.807) is 0 Å². The number of hydrogen-bond acceptors (Lipinski definition) is 2. The zero-order valence-electron chi connectivity index (χ0n) is 6.30. The van der Waals surface area contributed by atoms with Gasteiger partial charge in [0.2, 0.25) is 0 Å². The zero-order valence-corrected chi connectivity index (χ0v) is 6.30. The van der Waals surface area contributed by atoms with E-state index >= 15 is 0 Å². The lowest BCUT2D eigenvalue weighted by molar-refractivity contribution is -0.0454. The number of carbonyl (C=O) groups excluding carboxylic acids is 1.